The average molecular weight is 502 g/mol. The molecule has 2 amide bonds. The van der Waals surface area contributed by atoms with Crippen molar-refractivity contribution in [3.05, 3.63) is 59.2 Å². The largest absolute Gasteiger partial charge is 0.508 e. The number of phenols is 1. The lowest BCUT2D eigenvalue weighted by Gasteiger charge is -2.14. The summed E-state index contributed by atoms with van der Waals surface area (Å²) in [5.74, 6) is 0.0424. The van der Waals surface area contributed by atoms with Crippen molar-refractivity contribution in [1.82, 2.24) is 10.2 Å². The third-order valence-electron chi connectivity index (χ3n) is 6.00. The highest BCUT2D eigenvalue weighted by atomic mass is 16.5. The van der Waals surface area contributed by atoms with E-state index in [0.717, 1.165) is 70.4 Å². The number of carbonyl (C=O) groups excluding carboxylic acids is 1. The van der Waals surface area contributed by atoms with Crippen molar-refractivity contribution < 1.29 is 24.9 Å². The van der Waals surface area contributed by atoms with Gasteiger partial charge in [0.05, 0.1) is 12.7 Å². The van der Waals surface area contributed by atoms with E-state index in [-0.39, 0.29) is 18.4 Å². The Labute approximate surface area is 215 Å². The van der Waals surface area contributed by atoms with Crippen molar-refractivity contribution in [1.29, 1.82) is 0 Å². The standard InChI is InChI=1S/C28H43N3O5/c1-31(2)28(35)30-25-13-10-22(11-14-25)9-5-8-18-36-17-7-4-3-6-16-29-20-27(34)23-12-15-26(33)24(19-23)21-32/h10-15,19,27,29,32-34H,3-9,16-18,20-21H2,1-2H3,(H,30,35). The molecule has 0 aromatic heterocycles. The lowest BCUT2D eigenvalue weighted by Crippen LogP contribution is -2.27. The number of aryl methyl sites for hydroxylation is 1. The Morgan fingerprint density at radius 2 is 1.67 bits per heavy atom. The average Bonchev–Trinajstić information content (AvgIpc) is 2.87. The number of unbranched alkanes of at least 4 members (excludes halogenated alkanes) is 4. The van der Waals surface area contributed by atoms with Gasteiger partial charge < -0.3 is 35.6 Å². The Morgan fingerprint density at radius 1 is 0.972 bits per heavy atom. The fourth-order valence-corrected chi connectivity index (χ4v) is 3.73. The Bertz CT molecular complexity index is 889. The number of anilines is 1. The molecule has 1 unspecified atom stereocenters. The van der Waals surface area contributed by atoms with E-state index in [1.54, 1.807) is 26.2 Å². The van der Waals surface area contributed by atoms with Crippen molar-refractivity contribution in [3.63, 3.8) is 0 Å². The van der Waals surface area contributed by atoms with Gasteiger partial charge in [0.25, 0.3) is 0 Å². The number of aliphatic hydroxyl groups excluding tert-OH is 2. The maximum absolute atomic E-state index is 11.7. The number of amides is 2. The summed E-state index contributed by atoms with van der Waals surface area (Å²) < 4.78 is 5.76. The normalized spacial score (nSPS) is 11.9. The van der Waals surface area contributed by atoms with E-state index in [9.17, 15) is 20.1 Å². The van der Waals surface area contributed by atoms with Gasteiger partial charge in [-0.2, -0.15) is 0 Å². The van der Waals surface area contributed by atoms with Crippen LogP contribution in [0.5, 0.6) is 5.75 Å². The lowest BCUT2D eigenvalue weighted by atomic mass is 10.1. The molecule has 2 rings (SSSR count). The Balaban J connectivity index is 1.41. The summed E-state index contributed by atoms with van der Waals surface area (Å²) in [5.41, 5.74) is 3.18. The van der Waals surface area contributed by atoms with Gasteiger partial charge in [-0.05, 0) is 74.0 Å². The first kappa shape index (κ1) is 29.6. The van der Waals surface area contributed by atoms with Crippen LogP contribution < -0.4 is 10.6 Å². The second-order valence-corrected chi connectivity index (χ2v) is 9.27. The minimum absolute atomic E-state index is 0.0424. The molecule has 8 nitrogen and oxygen atoms in total. The molecular formula is C28H43N3O5. The van der Waals surface area contributed by atoms with Gasteiger partial charge in [0.15, 0.2) is 0 Å². The zero-order valence-corrected chi connectivity index (χ0v) is 21.7. The smallest absolute Gasteiger partial charge is 0.321 e. The number of benzene rings is 2. The number of urea groups is 1. The summed E-state index contributed by atoms with van der Waals surface area (Å²) in [4.78, 5) is 13.2. The molecule has 0 saturated carbocycles. The number of nitrogens with one attached hydrogen (secondary N) is 2. The van der Waals surface area contributed by atoms with Crippen LogP contribution in [0.25, 0.3) is 0 Å². The second kappa shape index (κ2) is 16.9. The number of hydrogen-bond acceptors (Lipinski definition) is 6. The first-order valence-electron chi connectivity index (χ1n) is 12.9. The molecule has 0 heterocycles. The van der Waals surface area contributed by atoms with Gasteiger partial charge in [0.2, 0.25) is 0 Å². The van der Waals surface area contributed by atoms with Gasteiger partial charge in [-0.1, -0.05) is 31.0 Å². The predicted octanol–water partition coefficient (Wildman–Crippen LogP) is 4.20. The lowest BCUT2D eigenvalue weighted by molar-refractivity contribution is 0.126. The van der Waals surface area contributed by atoms with Crippen LogP contribution in [0.15, 0.2) is 42.5 Å². The van der Waals surface area contributed by atoms with Crippen LogP contribution in [-0.2, 0) is 17.8 Å². The molecule has 1 atom stereocenters. The van der Waals surface area contributed by atoms with Crippen LogP contribution in [0, 0.1) is 0 Å². The topological polar surface area (TPSA) is 114 Å². The highest BCUT2D eigenvalue weighted by Gasteiger charge is 2.10. The molecular weight excluding hydrogens is 458 g/mol. The first-order chi connectivity index (χ1) is 17.4. The van der Waals surface area contributed by atoms with E-state index >= 15 is 0 Å². The molecule has 0 aliphatic heterocycles. The van der Waals surface area contributed by atoms with Crippen LogP contribution in [0.4, 0.5) is 10.5 Å². The van der Waals surface area contributed by atoms with E-state index < -0.39 is 6.10 Å². The zero-order valence-electron chi connectivity index (χ0n) is 21.7. The molecule has 2 aromatic carbocycles. The number of carbonyl (C=O) groups is 1. The molecule has 8 heteroatoms. The molecule has 0 aliphatic rings. The van der Waals surface area contributed by atoms with E-state index in [1.807, 2.05) is 12.1 Å². The van der Waals surface area contributed by atoms with E-state index in [4.69, 9.17) is 4.74 Å². The fourth-order valence-electron chi connectivity index (χ4n) is 3.73. The number of aromatic hydroxyl groups is 1. The Kier molecular flexibility index (Phi) is 13.9. The SMILES string of the molecule is CN(C)C(=O)Nc1ccc(CCCCOCCCCCCNCC(O)c2ccc(O)c(CO)c2)cc1. The van der Waals surface area contributed by atoms with E-state index in [1.165, 1.54) is 16.5 Å². The molecule has 2 aromatic rings. The zero-order chi connectivity index (χ0) is 26.2. The molecule has 200 valence electrons. The third kappa shape index (κ3) is 11.4. The van der Waals surface area contributed by atoms with Crippen molar-refractivity contribution in [2.24, 2.45) is 0 Å². The summed E-state index contributed by atoms with van der Waals surface area (Å²) >= 11 is 0. The summed E-state index contributed by atoms with van der Waals surface area (Å²) in [6.45, 7) is 2.60. The summed E-state index contributed by atoms with van der Waals surface area (Å²) in [6.07, 6.45) is 6.78. The molecule has 0 aliphatic carbocycles. The molecule has 0 saturated heterocycles. The first-order valence-corrected chi connectivity index (χ1v) is 12.9. The van der Waals surface area contributed by atoms with Gasteiger partial charge in [0, 0.05) is 45.1 Å². The van der Waals surface area contributed by atoms with Crippen LogP contribution in [0.2, 0.25) is 0 Å². The van der Waals surface area contributed by atoms with Crippen molar-refractivity contribution in [2.45, 2.75) is 57.7 Å². The van der Waals surface area contributed by atoms with Gasteiger partial charge in [-0.15, -0.1) is 0 Å². The van der Waals surface area contributed by atoms with Crippen molar-refractivity contribution >= 4 is 11.7 Å². The number of rotatable bonds is 17. The van der Waals surface area contributed by atoms with E-state index in [2.05, 4.69) is 22.8 Å². The summed E-state index contributed by atoms with van der Waals surface area (Å²) in [7, 11) is 3.44. The number of ether oxygens (including phenoxy) is 1. The quantitative estimate of drug-likeness (QED) is 0.208. The highest BCUT2D eigenvalue weighted by molar-refractivity contribution is 5.88. The number of aliphatic hydroxyl groups is 2. The summed E-state index contributed by atoms with van der Waals surface area (Å²) in [6, 6.07) is 12.7. The van der Waals surface area contributed by atoms with Gasteiger partial charge >= 0.3 is 6.03 Å². The van der Waals surface area contributed by atoms with Crippen LogP contribution in [-0.4, -0.2) is 66.6 Å². The van der Waals surface area contributed by atoms with Gasteiger partial charge in [-0.3, -0.25) is 0 Å². The maximum Gasteiger partial charge on any atom is 0.321 e. The predicted molar refractivity (Wildman–Crippen MR) is 143 cm³/mol. The highest BCUT2D eigenvalue weighted by Crippen LogP contribution is 2.22. The Morgan fingerprint density at radius 3 is 2.36 bits per heavy atom. The minimum Gasteiger partial charge on any atom is -0.508 e. The second-order valence-electron chi connectivity index (χ2n) is 9.27. The Hall–Kier alpha value is -2.65. The molecule has 0 fully saturated rings. The van der Waals surface area contributed by atoms with Crippen molar-refractivity contribution in [2.75, 3.05) is 45.7 Å². The summed E-state index contributed by atoms with van der Waals surface area (Å²) in [5, 5.41) is 35.2. The van der Waals surface area contributed by atoms with Crippen LogP contribution >= 0.6 is 0 Å². The van der Waals surface area contributed by atoms with E-state index in [0.29, 0.717) is 17.7 Å². The molecule has 0 bridgehead atoms. The fraction of sp³-hybridized carbons (Fsp3) is 0.536. The van der Waals surface area contributed by atoms with Gasteiger partial charge in [0.1, 0.15) is 5.75 Å². The van der Waals surface area contributed by atoms with Crippen LogP contribution in [0.3, 0.4) is 0 Å². The molecule has 0 radical (unpaired) electrons. The molecule has 0 spiro atoms. The van der Waals surface area contributed by atoms with Gasteiger partial charge in [-0.25, -0.2) is 4.79 Å². The van der Waals surface area contributed by atoms with Crippen LogP contribution in [0.1, 0.15) is 61.3 Å². The molecule has 5 N–H and O–H groups in total. The minimum atomic E-state index is -0.667. The molecule has 36 heavy (non-hydrogen) atoms. The van der Waals surface area contributed by atoms with Crippen molar-refractivity contribution in [3.8, 4) is 5.75 Å². The number of nitrogens with zero attached hydrogens (tertiary/aromatic N) is 1. The third-order valence-corrected chi connectivity index (χ3v) is 6.00. The monoisotopic (exact) mass is 501 g/mol. The maximum atomic E-state index is 11.7. The number of hydrogen-bond donors (Lipinski definition) is 5.